The first-order valence-electron chi connectivity index (χ1n) is 10.2. The van der Waals surface area contributed by atoms with Gasteiger partial charge in [0.2, 0.25) is 0 Å². The van der Waals surface area contributed by atoms with E-state index in [1.54, 1.807) is 6.07 Å². The fourth-order valence-corrected chi connectivity index (χ4v) is 4.84. The maximum Gasteiger partial charge on any atom is 0.125 e. The lowest BCUT2D eigenvalue weighted by atomic mass is 9.95. The number of H-pyrrole nitrogens is 1. The Kier molecular flexibility index (Phi) is 4.44. The molecule has 5 rings (SSSR count). The van der Waals surface area contributed by atoms with Crippen LogP contribution in [0.25, 0.3) is 11.0 Å². The number of rotatable bonds is 4. The molecule has 1 N–H and O–H groups in total. The van der Waals surface area contributed by atoms with E-state index in [0.717, 1.165) is 42.8 Å². The lowest BCUT2D eigenvalue weighted by Gasteiger charge is -2.28. The third-order valence-electron chi connectivity index (χ3n) is 6.22. The van der Waals surface area contributed by atoms with Crippen molar-refractivity contribution < 1.29 is 4.39 Å². The number of fused-ring (bicyclic) bond motifs is 1. The van der Waals surface area contributed by atoms with Crippen LogP contribution >= 0.6 is 0 Å². The highest BCUT2D eigenvalue weighted by Crippen LogP contribution is 2.34. The summed E-state index contributed by atoms with van der Waals surface area (Å²) in [5.74, 6) is 0.731. The summed E-state index contributed by atoms with van der Waals surface area (Å²) < 4.78 is 15.9. The molecule has 5 nitrogen and oxygen atoms in total. The van der Waals surface area contributed by atoms with Crippen molar-refractivity contribution in [1.29, 1.82) is 0 Å². The maximum absolute atomic E-state index is 13.5. The SMILES string of the molecule is Fc1ccc2nc([C@@H]3CCCN3Cc3cncn3C3CCCCC3)[nH]c2c1. The molecule has 2 fully saturated rings. The van der Waals surface area contributed by atoms with Gasteiger partial charge >= 0.3 is 0 Å². The molecule has 0 unspecified atom stereocenters. The van der Waals surface area contributed by atoms with Crippen molar-refractivity contribution in [3.8, 4) is 0 Å². The number of aromatic nitrogens is 4. The van der Waals surface area contributed by atoms with Crippen molar-refractivity contribution in [2.24, 2.45) is 0 Å². The van der Waals surface area contributed by atoms with E-state index in [0.29, 0.717) is 6.04 Å². The van der Waals surface area contributed by atoms with Crippen molar-refractivity contribution in [3.05, 3.63) is 48.1 Å². The van der Waals surface area contributed by atoms with Gasteiger partial charge in [-0.15, -0.1) is 0 Å². The van der Waals surface area contributed by atoms with Gasteiger partial charge in [0.25, 0.3) is 0 Å². The summed E-state index contributed by atoms with van der Waals surface area (Å²) in [6.07, 6.45) is 12.8. The topological polar surface area (TPSA) is 49.7 Å². The molecule has 1 atom stereocenters. The molecule has 1 aliphatic carbocycles. The van der Waals surface area contributed by atoms with Crippen molar-refractivity contribution in [2.45, 2.75) is 63.6 Å². The molecular weight excluding hydrogens is 341 g/mol. The molecule has 2 aromatic heterocycles. The molecule has 0 spiro atoms. The van der Waals surface area contributed by atoms with Gasteiger partial charge in [0.05, 0.1) is 29.1 Å². The monoisotopic (exact) mass is 367 g/mol. The smallest absolute Gasteiger partial charge is 0.125 e. The average Bonchev–Trinajstić information content (AvgIpc) is 3.41. The van der Waals surface area contributed by atoms with Gasteiger partial charge in [-0.1, -0.05) is 19.3 Å². The summed E-state index contributed by atoms with van der Waals surface area (Å²) in [6, 6.07) is 5.62. The van der Waals surface area contributed by atoms with E-state index < -0.39 is 0 Å². The number of likely N-dealkylation sites (tertiary alicyclic amines) is 1. The van der Waals surface area contributed by atoms with E-state index in [1.165, 1.54) is 49.9 Å². The molecule has 1 aromatic carbocycles. The van der Waals surface area contributed by atoms with E-state index in [9.17, 15) is 4.39 Å². The standard InChI is InChI=1S/C21H26FN5/c22-15-8-9-18-19(11-15)25-21(24-18)20-7-4-10-26(20)13-17-12-23-14-27(17)16-5-2-1-3-6-16/h8-9,11-12,14,16,20H,1-7,10,13H2,(H,24,25)/t20-/m0/s1. The number of hydrogen-bond acceptors (Lipinski definition) is 3. The van der Waals surface area contributed by atoms with Crippen molar-refractivity contribution in [2.75, 3.05) is 6.54 Å². The number of imidazole rings is 2. The van der Waals surface area contributed by atoms with Crippen LogP contribution in [-0.4, -0.2) is 31.0 Å². The van der Waals surface area contributed by atoms with Crippen LogP contribution in [0.2, 0.25) is 0 Å². The molecule has 0 radical (unpaired) electrons. The molecule has 3 heterocycles. The predicted octanol–water partition coefficient (Wildman–Crippen LogP) is 4.74. The van der Waals surface area contributed by atoms with Crippen LogP contribution in [0.4, 0.5) is 4.39 Å². The zero-order valence-electron chi connectivity index (χ0n) is 15.6. The molecule has 0 amide bonds. The molecule has 142 valence electrons. The van der Waals surface area contributed by atoms with Crippen LogP contribution in [0.3, 0.4) is 0 Å². The van der Waals surface area contributed by atoms with Gasteiger partial charge < -0.3 is 9.55 Å². The lowest BCUT2D eigenvalue weighted by molar-refractivity contribution is 0.229. The van der Waals surface area contributed by atoms with Gasteiger partial charge in [-0.3, -0.25) is 4.90 Å². The Bertz CT molecular complexity index is 924. The summed E-state index contributed by atoms with van der Waals surface area (Å²) in [6.45, 7) is 1.96. The van der Waals surface area contributed by atoms with Gasteiger partial charge in [0, 0.05) is 18.8 Å². The van der Waals surface area contributed by atoms with Crippen molar-refractivity contribution in [3.63, 3.8) is 0 Å². The molecule has 2 aliphatic rings. The second kappa shape index (κ2) is 7.08. The summed E-state index contributed by atoms with van der Waals surface area (Å²) >= 11 is 0. The van der Waals surface area contributed by atoms with E-state index in [-0.39, 0.29) is 11.9 Å². The van der Waals surface area contributed by atoms with E-state index in [1.807, 2.05) is 12.5 Å². The van der Waals surface area contributed by atoms with Gasteiger partial charge in [0.1, 0.15) is 11.6 Å². The molecule has 1 aliphatic heterocycles. The number of nitrogens with zero attached hydrogens (tertiary/aromatic N) is 4. The normalized spacial score (nSPS) is 22.0. The summed E-state index contributed by atoms with van der Waals surface area (Å²) in [7, 11) is 0. The first-order valence-corrected chi connectivity index (χ1v) is 10.2. The summed E-state index contributed by atoms with van der Waals surface area (Å²) in [4.78, 5) is 15.0. The number of halogens is 1. The second-order valence-electron chi connectivity index (χ2n) is 8.00. The van der Waals surface area contributed by atoms with Crippen LogP contribution in [0.5, 0.6) is 0 Å². The average molecular weight is 367 g/mol. The first kappa shape index (κ1) is 16.9. The number of benzene rings is 1. The van der Waals surface area contributed by atoms with Crippen molar-refractivity contribution >= 4 is 11.0 Å². The third kappa shape index (κ3) is 3.27. The van der Waals surface area contributed by atoms with E-state index >= 15 is 0 Å². The van der Waals surface area contributed by atoms with E-state index in [4.69, 9.17) is 4.98 Å². The van der Waals surface area contributed by atoms with Crippen molar-refractivity contribution in [1.82, 2.24) is 24.4 Å². The zero-order valence-corrected chi connectivity index (χ0v) is 15.6. The fraction of sp³-hybridized carbons (Fsp3) is 0.524. The highest BCUT2D eigenvalue weighted by molar-refractivity contribution is 5.75. The Morgan fingerprint density at radius 3 is 2.89 bits per heavy atom. The van der Waals surface area contributed by atoms with Crippen LogP contribution in [-0.2, 0) is 6.54 Å². The van der Waals surface area contributed by atoms with E-state index in [2.05, 4.69) is 19.4 Å². The maximum atomic E-state index is 13.5. The third-order valence-corrected chi connectivity index (χ3v) is 6.22. The second-order valence-corrected chi connectivity index (χ2v) is 8.00. The largest absolute Gasteiger partial charge is 0.341 e. The molecule has 3 aromatic rings. The van der Waals surface area contributed by atoms with Crippen LogP contribution in [0, 0.1) is 5.82 Å². The number of nitrogens with one attached hydrogen (secondary N) is 1. The molecule has 27 heavy (non-hydrogen) atoms. The Morgan fingerprint density at radius 2 is 2.00 bits per heavy atom. The van der Waals surface area contributed by atoms with Crippen LogP contribution < -0.4 is 0 Å². The minimum Gasteiger partial charge on any atom is -0.341 e. The molecule has 0 bridgehead atoms. The Hall–Kier alpha value is -2.21. The molecule has 1 saturated heterocycles. The summed E-state index contributed by atoms with van der Waals surface area (Å²) in [5, 5.41) is 0. The van der Waals surface area contributed by atoms with Crippen LogP contribution in [0.1, 0.15) is 68.5 Å². The predicted molar refractivity (Wildman–Crippen MR) is 103 cm³/mol. The van der Waals surface area contributed by atoms with Gasteiger partial charge in [-0.25, -0.2) is 14.4 Å². The van der Waals surface area contributed by atoms with Gasteiger partial charge in [-0.05, 0) is 50.4 Å². The zero-order chi connectivity index (χ0) is 18.2. The van der Waals surface area contributed by atoms with Gasteiger partial charge in [-0.2, -0.15) is 0 Å². The highest BCUT2D eigenvalue weighted by Gasteiger charge is 2.30. The minimum absolute atomic E-state index is 0.225. The molecule has 1 saturated carbocycles. The number of hydrogen-bond donors (Lipinski definition) is 1. The minimum atomic E-state index is -0.225. The Labute approximate surface area is 158 Å². The first-order chi connectivity index (χ1) is 13.3. The highest BCUT2D eigenvalue weighted by atomic mass is 19.1. The summed E-state index contributed by atoms with van der Waals surface area (Å²) in [5.41, 5.74) is 2.92. The number of aromatic amines is 1. The Morgan fingerprint density at radius 1 is 1.11 bits per heavy atom. The lowest BCUT2D eigenvalue weighted by Crippen LogP contribution is -2.26. The molecular formula is C21H26FN5. The van der Waals surface area contributed by atoms with Crippen LogP contribution in [0.15, 0.2) is 30.7 Å². The van der Waals surface area contributed by atoms with Gasteiger partial charge in [0.15, 0.2) is 0 Å². The fourth-order valence-electron chi connectivity index (χ4n) is 4.84. The Balaban J connectivity index is 1.38. The molecule has 6 heteroatoms. The quantitative estimate of drug-likeness (QED) is 0.724.